The fourth-order valence-electron chi connectivity index (χ4n) is 1.66. The summed E-state index contributed by atoms with van der Waals surface area (Å²) < 4.78 is 19.1. The molecule has 0 spiro atoms. The first-order chi connectivity index (χ1) is 9.04. The lowest BCUT2D eigenvalue weighted by molar-refractivity contribution is 0.231. The Morgan fingerprint density at radius 3 is 2.74 bits per heavy atom. The van der Waals surface area contributed by atoms with Gasteiger partial charge in [0.1, 0.15) is 0 Å². The molecule has 0 amide bonds. The molecule has 0 heterocycles. The van der Waals surface area contributed by atoms with Crippen molar-refractivity contribution in [2.24, 2.45) is 0 Å². The van der Waals surface area contributed by atoms with Crippen LogP contribution in [-0.4, -0.2) is 24.7 Å². The quantitative estimate of drug-likeness (QED) is 0.564. The summed E-state index contributed by atoms with van der Waals surface area (Å²) in [6.07, 6.45) is 4.26. The molecule has 1 aromatic carbocycles. The molecule has 0 atom stereocenters. The van der Waals surface area contributed by atoms with Crippen molar-refractivity contribution in [1.82, 2.24) is 0 Å². The van der Waals surface area contributed by atoms with E-state index in [2.05, 4.69) is 11.6 Å². The van der Waals surface area contributed by atoms with Gasteiger partial charge in [0.05, 0.1) is 17.5 Å². The molecule has 3 N–H and O–H groups in total. The third kappa shape index (κ3) is 5.59. The van der Waals surface area contributed by atoms with Gasteiger partial charge in [-0.25, -0.2) is 4.39 Å². The zero-order valence-corrected chi connectivity index (χ0v) is 12.6. The number of nitrogens with one attached hydrogen (secondary N) is 1. The molecule has 0 saturated heterocycles. The van der Waals surface area contributed by atoms with E-state index in [0.717, 1.165) is 30.8 Å². The molecule has 1 aromatic rings. The summed E-state index contributed by atoms with van der Waals surface area (Å²) in [5.74, 6) is 0.984. The van der Waals surface area contributed by atoms with E-state index in [0.29, 0.717) is 5.69 Å². The van der Waals surface area contributed by atoms with Gasteiger partial charge < -0.3 is 15.8 Å². The second-order valence-electron chi connectivity index (χ2n) is 4.66. The Hall–Kier alpha value is -1.10. The molecule has 0 aliphatic heterocycles. The summed E-state index contributed by atoms with van der Waals surface area (Å²) in [5, 5.41) is 3.23. The number of rotatable bonds is 8. The smallest absolute Gasteiger partial charge is 0.167 e. The monoisotopic (exact) mass is 286 g/mol. The molecule has 0 aliphatic rings. The first kappa shape index (κ1) is 16.0. The van der Waals surface area contributed by atoms with Crippen molar-refractivity contribution in [3.05, 3.63) is 17.9 Å². The SMILES string of the molecule is CSCCCCNc1cc(OC(C)C)c(F)cc1N. The third-order valence-corrected chi connectivity index (χ3v) is 3.25. The third-order valence-electron chi connectivity index (χ3n) is 2.56. The summed E-state index contributed by atoms with van der Waals surface area (Å²) in [6.45, 7) is 4.56. The zero-order valence-electron chi connectivity index (χ0n) is 11.8. The van der Waals surface area contributed by atoms with E-state index in [-0.39, 0.29) is 11.9 Å². The van der Waals surface area contributed by atoms with E-state index in [9.17, 15) is 4.39 Å². The van der Waals surface area contributed by atoms with Crippen molar-refractivity contribution in [1.29, 1.82) is 0 Å². The summed E-state index contributed by atoms with van der Waals surface area (Å²) >= 11 is 1.84. The molecule has 0 unspecified atom stereocenters. The maximum Gasteiger partial charge on any atom is 0.167 e. The van der Waals surface area contributed by atoms with Gasteiger partial charge in [0, 0.05) is 18.7 Å². The van der Waals surface area contributed by atoms with E-state index < -0.39 is 5.82 Å². The highest BCUT2D eigenvalue weighted by atomic mass is 32.2. The van der Waals surface area contributed by atoms with Crippen molar-refractivity contribution in [3.63, 3.8) is 0 Å². The molecule has 0 bridgehead atoms. The van der Waals surface area contributed by atoms with E-state index >= 15 is 0 Å². The average molecular weight is 286 g/mol. The van der Waals surface area contributed by atoms with Crippen LogP contribution < -0.4 is 15.8 Å². The fourth-order valence-corrected chi connectivity index (χ4v) is 2.15. The van der Waals surface area contributed by atoms with Crippen LogP contribution in [0.25, 0.3) is 0 Å². The zero-order chi connectivity index (χ0) is 14.3. The summed E-state index contributed by atoms with van der Waals surface area (Å²) in [5.41, 5.74) is 6.95. The van der Waals surface area contributed by atoms with E-state index in [1.165, 1.54) is 6.07 Å². The number of unbranched alkanes of at least 4 members (excludes halogenated alkanes) is 1. The fraction of sp³-hybridized carbons (Fsp3) is 0.571. The highest BCUT2D eigenvalue weighted by Crippen LogP contribution is 2.28. The van der Waals surface area contributed by atoms with Gasteiger partial charge in [-0.3, -0.25) is 0 Å². The first-order valence-electron chi connectivity index (χ1n) is 6.53. The standard InChI is InChI=1S/C14H23FN2OS/c1-10(2)18-14-9-13(12(16)8-11(14)15)17-6-4-5-7-19-3/h8-10,17H,4-7,16H2,1-3H3. The number of anilines is 2. The maximum atomic E-state index is 13.6. The minimum absolute atomic E-state index is 0.0625. The Bertz CT molecular complexity index is 399. The Kier molecular flexibility index (Phi) is 6.84. The Morgan fingerprint density at radius 1 is 1.37 bits per heavy atom. The maximum absolute atomic E-state index is 13.6. The van der Waals surface area contributed by atoms with Crippen molar-refractivity contribution in [2.45, 2.75) is 32.8 Å². The lowest BCUT2D eigenvalue weighted by Crippen LogP contribution is -2.09. The van der Waals surface area contributed by atoms with E-state index in [4.69, 9.17) is 10.5 Å². The van der Waals surface area contributed by atoms with E-state index in [1.807, 2.05) is 25.6 Å². The van der Waals surface area contributed by atoms with Gasteiger partial charge in [-0.15, -0.1) is 0 Å². The van der Waals surface area contributed by atoms with Crippen LogP contribution in [0, 0.1) is 5.82 Å². The van der Waals surface area contributed by atoms with Gasteiger partial charge in [-0.1, -0.05) is 0 Å². The Balaban J connectivity index is 2.61. The number of ether oxygens (including phenoxy) is 1. The predicted molar refractivity (Wildman–Crippen MR) is 82.7 cm³/mol. The van der Waals surface area contributed by atoms with Crippen molar-refractivity contribution in [2.75, 3.05) is 29.6 Å². The van der Waals surface area contributed by atoms with Crippen molar-refractivity contribution in [3.8, 4) is 5.75 Å². The van der Waals surface area contributed by atoms with Gasteiger partial charge in [-0.05, 0) is 38.7 Å². The van der Waals surface area contributed by atoms with Gasteiger partial charge >= 0.3 is 0 Å². The second kappa shape index (κ2) is 8.15. The molecule has 108 valence electrons. The number of hydrogen-bond donors (Lipinski definition) is 2. The number of benzene rings is 1. The molecule has 3 nitrogen and oxygen atoms in total. The molecule has 0 aliphatic carbocycles. The second-order valence-corrected chi connectivity index (χ2v) is 5.65. The predicted octanol–water partition coefficient (Wildman–Crippen LogP) is 3.75. The first-order valence-corrected chi connectivity index (χ1v) is 7.92. The molecule has 0 fully saturated rings. The summed E-state index contributed by atoms with van der Waals surface area (Å²) in [7, 11) is 0. The summed E-state index contributed by atoms with van der Waals surface area (Å²) in [4.78, 5) is 0. The van der Waals surface area contributed by atoms with Crippen LogP contribution in [0.15, 0.2) is 12.1 Å². The lowest BCUT2D eigenvalue weighted by atomic mass is 10.2. The Labute approximate surface area is 119 Å². The number of nitrogens with two attached hydrogens (primary N) is 1. The Morgan fingerprint density at radius 2 is 2.11 bits per heavy atom. The minimum atomic E-state index is -0.417. The van der Waals surface area contributed by atoms with Crippen molar-refractivity contribution < 1.29 is 9.13 Å². The van der Waals surface area contributed by atoms with Crippen molar-refractivity contribution >= 4 is 23.1 Å². The number of nitrogen functional groups attached to an aromatic ring is 1. The van der Waals surface area contributed by atoms with E-state index in [1.54, 1.807) is 6.07 Å². The topological polar surface area (TPSA) is 47.3 Å². The van der Waals surface area contributed by atoms with Gasteiger partial charge in [0.2, 0.25) is 0 Å². The van der Waals surface area contributed by atoms with Crippen LogP contribution in [-0.2, 0) is 0 Å². The van der Waals surface area contributed by atoms with Crippen LogP contribution in [0.5, 0.6) is 5.75 Å². The average Bonchev–Trinajstić information content (AvgIpc) is 2.33. The lowest BCUT2D eigenvalue weighted by Gasteiger charge is -2.15. The number of halogens is 1. The van der Waals surface area contributed by atoms with Crippen LogP contribution in [0.2, 0.25) is 0 Å². The normalized spacial score (nSPS) is 10.8. The minimum Gasteiger partial charge on any atom is -0.488 e. The molecular weight excluding hydrogens is 263 g/mol. The van der Waals surface area contributed by atoms with Gasteiger partial charge in [0.15, 0.2) is 11.6 Å². The molecular formula is C14H23FN2OS. The number of thioether (sulfide) groups is 1. The molecule has 0 saturated carbocycles. The summed E-state index contributed by atoms with van der Waals surface area (Å²) in [6, 6.07) is 2.95. The molecule has 19 heavy (non-hydrogen) atoms. The van der Waals surface area contributed by atoms with Gasteiger partial charge in [-0.2, -0.15) is 11.8 Å². The van der Waals surface area contributed by atoms with Crippen LogP contribution in [0.3, 0.4) is 0 Å². The largest absolute Gasteiger partial charge is 0.488 e. The highest BCUT2D eigenvalue weighted by Gasteiger charge is 2.10. The van der Waals surface area contributed by atoms with Crippen LogP contribution >= 0.6 is 11.8 Å². The molecule has 1 rings (SSSR count). The van der Waals surface area contributed by atoms with Crippen LogP contribution in [0.4, 0.5) is 15.8 Å². The van der Waals surface area contributed by atoms with Crippen LogP contribution in [0.1, 0.15) is 26.7 Å². The molecule has 5 heteroatoms. The molecule has 0 aromatic heterocycles. The number of hydrogen-bond acceptors (Lipinski definition) is 4. The molecule has 0 radical (unpaired) electrons. The highest BCUT2D eigenvalue weighted by molar-refractivity contribution is 7.98. The van der Waals surface area contributed by atoms with Gasteiger partial charge in [0.25, 0.3) is 0 Å².